The summed E-state index contributed by atoms with van der Waals surface area (Å²) < 4.78 is 0. The van der Waals surface area contributed by atoms with Crippen LogP contribution in [-0.4, -0.2) is 84.7 Å². The molecule has 4 rings (SSSR count). The first-order chi connectivity index (χ1) is 14.1. The van der Waals surface area contributed by atoms with Gasteiger partial charge in [0.1, 0.15) is 0 Å². The van der Waals surface area contributed by atoms with Crippen molar-refractivity contribution >= 4 is 5.91 Å². The second-order valence-corrected chi connectivity index (χ2v) is 9.01. The van der Waals surface area contributed by atoms with Crippen LogP contribution in [0.4, 0.5) is 0 Å². The molecule has 1 N–H and O–H groups in total. The fourth-order valence-corrected chi connectivity index (χ4v) is 4.82. The van der Waals surface area contributed by atoms with Crippen molar-refractivity contribution in [3.05, 3.63) is 35.4 Å². The van der Waals surface area contributed by atoms with Crippen molar-refractivity contribution in [1.29, 1.82) is 0 Å². The summed E-state index contributed by atoms with van der Waals surface area (Å²) in [6.45, 7) is 3.62. The molecule has 156 valence electrons. The average Bonchev–Trinajstić information content (AvgIpc) is 3.52. The molecule has 2 saturated heterocycles. The highest BCUT2D eigenvalue weighted by molar-refractivity contribution is 5.81. The van der Waals surface area contributed by atoms with Gasteiger partial charge in [0.05, 0.1) is 13.2 Å². The largest absolute Gasteiger partial charge is 0.395 e. The number of hydrogen-bond acceptors (Lipinski definition) is 4. The second-order valence-electron chi connectivity index (χ2n) is 9.01. The highest BCUT2D eigenvalue weighted by Gasteiger charge is 2.50. The number of rotatable bonds is 4. The van der Waals surface area contributed by atoms with Crippen LogP contribution < -0.4 is 0 Å². The molecule has 0 unspecified atom stereocenters. The monoisotopic (exact) mass is 395 g/mol. The van der Waals surface area contributed by atoms with E-state index in [2.05, 4.69) is 50.8 Å². The summed E-state index contributed by atoms with van der Waals surface area (Å²) in [5.41, 5.74) is 2.28. The Bertz CT molecular complexity index is 776. The third-order valence-electron chi connectivity index (χ3n) is 6.53. The van der Waals surface area contributed by atoms with Crippen LogP contribution >= 0.6 is 0 Å². The topological polar surface area (TPSA) is 47.0 Å². The summed E-state index contributed by atoms with van der Waals surface area (Å²) in [5, 5.41) is 10.1. The van der Waals surface area contributed by atoms with Gasteiger partial charge in [0.25, 0.3) is 0 Å². The van der Waals surface area contributed by atoms with Gasteiger partial charge < -0.3 is 10.0 Å². The number of benzene rings is 1. The van der Waals surface area contributed by atoms with Gasteiger partial charge in [-0.15, -0.1) is 0 Å². The van der Waals surface area contributed by atoms with Crippen molar-refractivity contribution in [1.82, 2.24) is 14.7 Å². The van der Waals surface area contributed by atoms with Crippen LogP contribution in [0.2, 0.25) is 0 Å². The van der Waals surface area contributed by atoms with Crippen molar-refractivity contribution in [3.63, 3.8) is 0 Å². The number of carbonyl (C=O) groups excluding carboxylic acids is 1. The zero-order valence-corrected chi connectivity index (χ0v) is 17.7. The first-order valence-corrected chi connectivity index (χ1v) is 11.0. The van der Waals surface area contributed by atoms with Gasteiger partial charge in [-0.2, -0.15) is 0 Å². The Balaban J connectivity index is 1.50. The van der Waals surface area contributed by atoms with Gasteiger partial charge in [-0.3, -0.25) is 14.6 Å². The summed E-state index contributed by atoms with van der Waals surface area (Å²) in [5.74, 6) is 7.29. The minimum Gasteiger partial charge on any atom is -0.395 e. The molecule has 3 atom stereocenters. The maximum Gasteiger partial charge on any atom is 0.225 e. The van der Waals surface area contributed by atoms with E-state index in [1.807, 2.05) is 14.1 Å². The molecule has 3 fully saturated rings. The summed E-state index contributed by atoms with van der Waals surface area (Å²) in [6.07, 6.45) is 4.27. The zero-order valence-electron chi connectivity index (χ0n) is 17.7. The Morgan fingerprint density at radius 3 is 2.55 bits per heavy atom. The predicted octanol–water partition coefficient (Wildman–Crippen LogP) is 1.76. The molecule has 1 aliphatic carbocycles. The fourth-order valence-electron chi connectivity index (χ4n) is 4.82. The molecule has 5 heteroatoms. The van der Waals surface area contributed by atoms with Gasteiger partial charge in [0.15, 0.2) is 0 Å². The van der Waals surface area contributed by atoms with Gasteiger partial charge in [-0.25, -0.2) is 0 Å². The fraction of sp³-hybridized carbons (Fsp3) is 0.625. The van der Waals surface area contributed by atoms with Crippen molar-refractivity contribution in [2.75, 3.05) is 46.9 Å². The van der Waals surface area contributed by atoms with Crippen molar-refractivity contribution < 1.29 is 9.90 Å². The van der Waals surface area contributed by atoms with Crippen LogP contribution in [0.3, 0.4) is 0 Å². The number of amides is 1. The third kappa shape index (κ3) is 4.50. The van der Waals surface area contributed by atoms with Crippen molar-refractivity contribution in [2.24, 2.45) is 5.92 Å². The van der Waals surface area contributed by atoms with E-state index in [1.54, 1.807) is 0 Å². The van der Waals surface area contributed by atoms with Gasteiger partial charge in [0.2, 0.25) is 5.91 Å². The maximum absolute atomic E-state index is 12.7. The van der Waals surface area contributed by atoms with E-state index in [9.17, 15) is 9.90 Å². The number of aliphatic hydroxyl groups is 1. The third-order valence-corrected chi connectivity index (χ3v) is 6.53. The molecule has 2 aliphatic heterocycles. The lowest BCUT2D eigenvalue weighted by Crippen LogP contribution is -2.68. The Hall–Kier alpha value is -1.87. The summed E-state index contributed by atoms with van der Waals surface area (Å²) in [7, 11) is 4.03. The van der Waals surface area contributed by atoms with E-state index in [-0.39, 0.29) is 24.5 Å². The van der Waals surface area contributed by atoms with Crippen molar-refractivity contribution in [2.45, 2.75) is 43.7 Å². The second kappa shape index (κ2) is 8.87. The molecular weight excluding hydrogens is 362 g/mol. The first-order valence-electron chi connectivity index (χ1n) is 11.0. The summed E-state index contributed by atoms with van der Waals surface area (Å²) >= 11 is 0. The molecule has 5 nitrogen and oxygen atoms in total. The van der Waals surface area contributed by atoms with E-state index >= 15 is 0 Å². The highest BCUT2D eigenvalue weighted by atomic mass is 16.3. The molecule has 3 aliphatic rings. The van der Waals surface area contributed by atoms with Crippen LogP contribution in [-0.2, 0) is 4.79 Å². The van der Waals surface area contributed by atoms with Crippen LogP contribution in [0.25, 0.3) is 0 Å². The number of nitrogens with zero attached hydrogens (tertiary/aromatic N) is 3. The molecular formula is C24H33N3O2. The van der Waals surface area contributed by atoms with Gasteiger partial charge in [-0.1, -0.05) is 24.0 Å². The van der Waals surface area contributed by atoms with Crippen LogP contribution in [0.1, 0.15) is 42.7 Å². The lowest BCUT2D eigenvalue weighted by molar-refractivity contribution is -0.137. The van der Waals surface area contributed by atoms with E-state index in [4.69, 9.17) is 0 Å². The number of aliphatic hydroxyl groups excluding tert-OH is 1. The molecule has 1 amide bonds. The number of hydrogen-bond donors (Lipinski definition) is 1. The van der Waals surface area contributed by atoms with E-state index in [0.29, 0.717) is 11.9 Å². The lowest BCUT2D eigenvalue weighted by Gasteiger charge is -2.57. The van der Waals surface area contributed by atoms with Crippen LogP contribution in [0.15, 0.2) is 24.3 Å². The molecule has 0 radical (unpaired) electrons. The molecule has 0 spiro atoms. The molecule has 1 saturated carbocycles. The minimum atomic E-state index is 0.154. The number of fused-ring (bicyclic) bond motifs is 1. The molecule has 0 bridgehead atoms. The maximum atomic E-state index is 12.7. The Morgan fingerprint density at radius 2 is 1.90 bits per heavy atom. The summed E-state index contributed by atoms with van der Waals surface area (Å²) in [6, 6.07) is 8.96. The highest BCUT2D eigenvalue weighted by Crippen LogP contribution is 2.42. The zero-order chi connectivity index (χ0) is 20.4. The first kappa shape index (κ1) is 20.4. The minimum absolute atomic E-state index is 0.154. The Labute approximate surface area is 174 Å². The predicted molar refractivity (Wildman–Crippen MR) is 115 cm³/mol. The van der Waals surface area contributed by atoms with Crippen molar-refractivity contribution in [3.8, 4) is 11.8 Å². The van der Waals surface area contributed by atoms with E-state index < -0.39 is 0 Å². The van der Waals surface area contributed by atoms with E-state index in [1.165, 1.54) is 5.56 Å². The normalized spacial score (nSPS) is 27.3. The van der Waals surface area contributed by atoms with Crippen LogP contribution in [0.5, 0.6) is 0 Å². The Kier molecular flexibility index (Phi) is 6.24. The summed E-state index contributed by atoms with van der Waals surface area (Å²) in [4.78, 5) is 19.3. The number of carbonyl (C=O) groups is 1. The van der Waals surface area contributed by atoms with E-state index in [0.717, 1.165) is 57.4 Å². The Morgan fingerprint density at radius 1 is 1.17 bits per heavy atom. The van der Waals surface area contributed by atoms with Gasteiger partial charge in [0, 0.05) is 42.6 Å². The van der Waals surface area contributed by atoms with Crippen LogP contribution in [0, 0.1) is 17.8 Å². The lowest BCUT2D eigenvalue weighted by atomic mass is 9.74. The molecule has 29 heavy (non-hydrogen) atoms. The smallest absolute Gasteiger partial charge is 0.225 e. The van der Waals surface area contributed by atoms with Gasteiger partial charge in [-0.05, 0) is 64.0 Å². The van der Waals surface area contributed by atoms with Gasteiger partial charge >= 0.3 is 0 Å². The average molecular weight is 396 g/mol. The quantitative estimate of drug-likeness (QED) is 0.790. The SMILES string of the molecule is CN(C)CC#Cc1ccc([C@@H]2[C@H](CO)N3CCCCN(C(=O)C4CC4)C[C@@H]23)cc1. The molecule has 0 aromatic heterocycles. The standard InChI is InChI=1S/C24H33N3O2/c1-25(2)13-5-6-18-7-9-19(10-8-18)23-21-16-26(24(29)20-11-12-20)14-3-4-15-27(21)22(23)17-28/h7-10,20-23,28H,3-4,11-17H2,1-2H3/t21-,22-,23-/m0/s1. The molecule has 1 aromatic carbocycles. The molecule has 1 aromatic rings. The molecule has 2 heterocycles.